The highest BCUT2D eigenvalue weighted by Gasteiger charge is 2.19. The summed E-state index contributed by atoms with van der Waals surface area (Å²) in [4.78, 5) is 0. The molecule has 1 rings (SSSR count). The molecule has 4 N–H and O–H groups in total. The summed E-state index contributed by atoms with van der Waals surface area (Å²) in [6, 6.07) is 0. The first-order valence-electron chi connectivity index (χ1n) is 5.01. The summed E-state index contributed by atoms with van der Waals surface area (Å²) in [5.41, 5.74) is 0. The lowest BCUT2D eigenvalue weighted by Gasteiger charge is -2.19. The van der Waals surface area contributed by atoms with Crippen molar-refractivity contribution in [2.75, 3.05) is 19.7 Å². The van der Waals surface area contributed by atoms with Gasteiger partial charge in [0.1, 0.15) is 5.83 Å². The van der Waals surface area contributed by atoms with Gasteiger partial charge in [-0.05, 0) is 24.4 Å². The molecule has 0 saturated heterocycles. The predicted molar refractivity (Wildman–Crippen MR) is 63.7 cm³/mol. The van der Waals surface area contributed by atoms with Crippen LogP contribution in [-0.4, -0.2) is 35.0 Å². The van der Waals surface area contributed by atoms with Crippen molar-refractivity contribution >= 4 is 17.3 Å². The molecule has 0 bridgehead atoms. The van der Waals surface area contributed by atoms with Crippen LogP contribution in [0.2, 0.25) is 0 Å². The van der Waals surface area contributed by atoms with Gasteiger partial charge >= 0.3 is 0 Å². The lowest BCUT2D eigenvalue weighted by atomic mass is 9.98. The number of nitrogens with one attached hydrogen (secondary N) is 2. The Balaban J connectivity index is 2.31. The molecule has 1 aliphatic rings. The number of halogens is 1. The molecule has 1 aliphatic carbocycles. The zero-order valence-electron chi connectivity index (χ0n) is 8.74. The molecule has 0 amide bonds. The third-order valence-corrected chi connectivity index (χ3v) is 2.49. The quantitative estimate of drug-likeness (QED) is 0.552. The Morgan fingerprint density at radius 1 is 1.50 bits per heavy atom. The van der Waals surface area contributed by atoms with Gasteiger partial charge in [-0.25, -0.2) is 4.39 Å². The number of thiocarbonyl (C=S) groups is 1. The van der Waals surface area contributed by atoms with Gasteiger partial charge in [-0.1, -0.05) is 0 Å². The summed E-state index contributed by atoms with van der Waals surface area (Å²) in [6.07, 6.45) is 2.79. The molecular formula is C10H15FN2O2S. The van der Waals surface area contributed by atoms with Crippen LogP contribution in [0.3, 0.4) is 0 Å². The lowest BCUT2D eigenvalue weighted by molar-refractivity contribution is 0.299. The summed E-state index contributed by atoms with van der Waals surface area (Å²) in [7, 11) is 0. The maximum absolute atomic E-state index is 12.9. The highest BCUT2D eigenvalue weighted by molar-refractivity contribution is 7.80. The van der Waals surface area contributed by atoms with Crippen LogP contribution in [0.1, 0.15) is 6.42 Å². The Hall–Kier alpha value is -1.14. The van der Waals surface area contributed by atoms with E-state index in [0.717, 1.165) is 0 Å². The van der Waals surface area contributed by atoms with Crippen molar-refractivity contribution in [3.05, 3.63) is 23.7 Å². The molecule has 1 atom stereocenters. The van der Waals surface area contributed by atoms with Crippen LogP contribution in [0.5, 0.6) is 0 Å². The summed E-state index contributed by atoms with van der Waals surface area (Å²) < 4.78 is 12.9. The van der Waals surface area contributed by atoms with Crippen molar-refractivity contribution in [1.82, 2.24) is 10.6 Å². The molecule has 0 radical (unpaired) electrons. The maximum Gasteiger partial charge on any atom is 0.166 e. The van der Waals surface area contributed by atoms with Crippen LogP contribution < -0.4 is 10.6 Å². The molecule has 0 aromatic rings. The minimum absolute atomic E-state index is 0.00618. The van der Waals surface area contributed by atoms with Crippen LogP contribution in [-0.2, 0) is 0 Å². The highest BCUT2D eigenvalue weighted by atomic mass is 32.1. The first-order valence-corrected chi connectivity index (χ1v) is 5.42. The van der Waals surface area contributed by atoms with Crippen LogP contribution >= 0.6 is 12.2 Å². The second-order valence-electron chi connectivity index (χ2n) is 3.47. The number of rotatable bonds is 4. The molecular weight excluding hydrogens is 231 g/mol. The Morgan fingerprint density at radius 3 is 2.94 bits per heavy atom. The minimum atomic E-state index is -0.293. The van der Waals surface area contributed by atoms with Crippen molar-refractivity contribution in [2.45, 2.75) is 6.42 Å². The zero-order chi connectivity index (χ0) is 12.0. The summed E-state index contributed by atoms with van der Waals surface area (Å²) >= 11 is 4.91. The third kappa shape index (κ3) is 4.16. The number of aliphatic hydroxyl groups excluding tert-OH is 2. The molecule has 6 heteroatoms. The first-order chi connectivity index (χ1) is 7.63. The van der Waals surface area contributed by atoms with Crippen LogP contribution in [0, 0.1) is 5.92 Å². The van der Waals surface area contributed by atoms with Gasteiger partial charge in [0.05, 0.1) is 12.4 Å². The number of aliphatic hydroxyl groups is 2. The standard InChI is InChI=1S/C10H15FN2O2S/c11-8-1-2-9(15)7(5-8)6-13-10(16)12-3-4-14/h1-2,7,14-15H,3-6H2,(H2,12,13,16). The predicted octanol–water partition coefficient (Wildman–Crippen LogP) is 0.758. The Bertz CT molecular complexity index is 318. The topological polar surface area (TPSA) is 64.5 Å². The van der Waals surface area contributed by atoms with Crippen molar-refractivity contribution in [3.8, 4) is 0 Å². The van der Waals surface area contributed by atoms with Gasteiger partial charge < -0.3 is 20.8 Å². The van der Waals surface area contributed by atoms with E-state index in [1.807, 2.05) is 0 Å². The van der Waals surface area contributed by atoms with E-state index in [1.54, 1.807) is 0 Å². The smallest absolute Gasteiger partial charge is 0.166 e. The van der Waals surface area contributed by atoms with Crippen molar-refractivity contribution in [1.29, 1.82) is 0 Å². The molecule has 0 fully saturated rings. The van der Waals surface area contributed by atoms with Gasteiger partial charge in [-0.2, -0.15) is 0 Å². The van der Waals surface area contributed by atoms with Gasteiger partial charge in [-0.15, -0.1) is 0 Å². The number of hydrogen-bond acceptors (Lipinski definition) is 3. The monoisotopic (exact) mass is 246 g/mol. The maximum atomic E-state index is 12.9. The molecule has 0 aromatic carbocycles. The summed E-state index contributed by atoms with van der Waals surface area (Å²) in [5, 5.41) is 24.0. The SMILES string of the molecule is OCCNC(=S)NCC1CC(F)=CC=C1O. The normalized spacial score (nSPS) is 19.8. The van der Waals surface area contributed by atoms with E-state index in [9.17, 15) is 9.50 Å². The van der Waals surface area contributed by atoms with E-state index in [1.165, 1.54) is 12.2 Å². The van der Waals surface area contributed by atoms with E-state index >= 15 is 0 Å². The average Bonchev–Trinajstić information content (AvgIpc) is 2.27. The van der Waals surface area contributed by atoms with E-state index in [4.69, 9.17) is 17.3 Å². The van der Waals surface area contributed by atoms with E-state index in [-0.39, 0.29) is 30.5 Å². The van der Waals surface area contributed by atoms with Crippen molar-refractivity contribution in [3.63, 3.8) is 0 Å². The lowest BCUT2D eigenvalue weighted by Crippen LogP contribution is -2.39. The van der Waals surface area contributed by atoms with Crippen molar-refractivity contribution in [2.24, 2.45) is 5.92 Å². The van der Waals surface area contributed by atoms with Gasteiger partial charge in [0.25, 0.3) is 0 Å². The Kier molecular flexibility index (Phi) is 5.21. The van der Waals surface area contributed by atoms with Crippen LogP contribution in [0.4, 0.5) is 4.39 Å². The van der Waals surface area contributed by atoms with Crippen molar-refractivity contribution < 1.29 is 14.6 Å². The largest absolute Gasteiger partial charge is 0.512 e. The highest BCUT2D eigenvalue weighted by Crippen LogP contribution is 2.23. The molecule has 0 aliphatic heterocycles. The fourth-order valence-corrected chi connectivity index (χ4v) is 1.53. The fraction of sp³-hybridized carbons (Fsp3) is 0.500. The van der Waals surface area contributed by atoms with Crippen LogP contribution in [0.15, 0.2) is 23.7 Å². The fourth-order valence-electron chi connectivity index (χ4n) is 1.34. The third-order valence-electron chi connectivity index (χ3n) is 2.20. The molecule has 1 unspecified atom stereocenters. The number of allylic oxidation sites excluding steroid dienone is 3. The molecule has 0 aromatic heterocycles. The van der Waals surface area contributed by atoms with Gasteiger partial charge in [0, 0.05) is 25.4 Å². The second-order valence-corrected chi connectivity index (χ2v) is 3.87. The molecule has 0 heterocycles. The second kappa shape index (κ2) is 6.44. The minimum Gasteiger partial charge on any atom is -0.512 e. The summed E-state index contributed by atoms with van der Waals surface area (Å²) in [5.74, 6) is -0.392. The van der Waals surface area contributed by atoms with E-state index < -0.39 is 0 Å². The Morgan fingerprint density at radius 2 is 2.25 bits per heavy atom. The number of hydrogen-bond donors (Lipinski definition) is 4. The Labute approximate surface area is 98.9 Å². The van der Waals surface area contributed by atoms with Gasteiger partial charge in [0.15, 0.2) is 5.11 Å². The van der Waals surface area contributed by atoms with Gasteiger partial charge in [0.2, 0.25) is 0 Å². The molecule has 4 nitrogen and oxygen atoms in total. The molecule has 0 spiro atoms. The van der Waals surface area contributed by atoms with E-state index in [0.29, 0.717) is 18.2 Å². The van der Waals surface area contributed by atoms with E-state index in [2.05, 4.69) is 10.6 Å². The molecule has 16 heavy (non-hydrogen) atoms. The average molecular weight is 246 g/mol. The van der Waals surface area contributed by atoms with Gasteiger partial charge in [-0.3, -0.25) is 0 Å². The summed E-state index contributed by atoms with van der Waals surface area (Å²) in [6.45, 7) is 0.723. The molecule has 90 valence electrons. The molecule has 0 saturated carbocycles. The zero-order valence-corrected chi connectivity index (χ0v) is 9.56. The first kappa shape index (κ1) is 12.9. The van der Waals surface area contributed by atoms with Crippen LogP contribution in [0.25, 0.3) is 0 Å².